The van der Waals surface area contributed by atoms with Crippen LogP contribution in [0.3, 0.4) is 0 Å². The van der Waals surface area contributed by atoms with E-state index in [1.807, 2.05) is 0 Å². The number of hydrogen-bond acceptors (Lipinski definition) is 3. The van der Waals surface area contributed by atoms with Crippen molar-refractivity contribution >= 4 is 23.6 Å². The highest BCUT2D eigenvalue weighted by atomic mass is 16.5. The molecule has 0 aliphatic carbocycles. The van der Waals surface area contributed by atoms with E-state index in [9.17, 15) is 9.59 Å². The number of fused-ring (bicyclic) bond motifs is 1. The van der Waals surface area contributed by atoms with Gasteiger partial charge in [0, 0.05) is 5.57 Å². The summed E-state index contributed by atoms with van der Waals surface area (Å²) in [6.07, 6.45) is 1.02. The Morgan fingerprint density at radius 1 is 1.50 bits per heavy atom. The van der Waals surface area contributed by atoms with Crippen LogP contribution in [0.25, 0.3) is 6.08 Å². The molecule has 0 saturated carbocycles. The second-order valence-corrected chi connectivity index (χ2v) is 4.14. The van der Waals surface area contributed by atoms with E-state index in [1.165, 1.54) is 13.0 Å². The van der Waals surface area contributed by atoms with E-state index < -0.39 is 12.1 Å². The molecule has 1 heterocycles. The Bertz CT molecular complexity index is 548. The molecule has 0 radical (unpaired) electrons. The molecule has 0 fully saturated rings. The van der Waals surface area contributed by atoms with Gasteiger partial charge in [-0.05, 0) is 37.6 Å². The third kappa shape index (κ3) is 2.34. The summed E-state index contributed by atoms with van der Waals surface area (Å²) in [6, 6.07) is 5.15. The zero-order valence-electron chi connectivity index (χ0n) is 10.1. The van der Waals surface area contributed by atoms with Crippen LogP contribution in [0.5, 0.6) is 5.75 Å². The Kier molecular flexibility index (Phi) is 3.06. The van der Waals surface area contributed by atoms with Crippen molar-refractivity contribution in [3.05, 3.63) is 29.3 Å². The summed E-state index contributed by atoms with van der Waals surface area (Å²) >= 11 is 0. The van der Waals surface area contributed by atoms with Gasteiger partial charge in [-0.25, -0.2) is 4.79 Å². The van der Waals surface area contributed by atoms with E-state index in [0.29, 0.717) is 17.0 Å². The van der Waals surface area contributed by atoms with E-state index in [2.05, 4.69) is 5.32 Å². The lowest BCUT2D eigenvalue weighted by atomic mass is 10.1. The molecule has 1 atom stereocenters. The number of amides is 1. The lowest BCUT2D eigenvalue weighted by Gasteiger charge is -2.23. The number of anilines is 1. The van der Waals surface area contributed by atoms with Gasteiger partial charge in [-0.3, -0.25) is 4.79 Å². The van der Waals surface area contributed by atoms with Gasteiger partial charge in [-0.1, -0.05) is 6.07 Å². The van der Waals surface area contributed by atoms with Crippen LogP contribution >= 0.6 is 0 Å². The molecular formula is C13H13NO4. The molecule has 1 aromatic carbocycles. The van der Waals surface area contributed by atoms with Crippen LogP contribution < -0.4 is 10.1 Å². The maximum atomic E-state index is 11.5. The number of nitrogens with one attached hydrogen (secondary N) is 1. The number of hydrogen-bond donors (Lipinski definition) is 2. The SMILES string of the molecule is C/C(=C\c1ccc2c(c1)NC(=O)C(C)O2)C(=O)O. The molecule has 18 heavy (non-hydrogen) atoms. The maximum Gasteiger partial charge on any atom is 0.331 e. The normalized spacial score (nSPS) is 18.7. The zero-order valence-corrected chi connectivity index (χ0v) is 10.1. The zero-order chi connectivity index (χ0) is 13.3. The summed E-state index contributed by atoms with van der Waals surface area (Å²) in [5.74, 6) is -0.590. The predicted octanol–water partition coefficient (Wildman–Crippen LogP) is 1.89. The van der Waals surface area contributed by atoms with Crippen molar-refractivity contribution in [1.29, 1.82) is 0 Å². The molecular weight excluding hydrogens is 234 g/mol. The quantitative estimate of drug-likeness (QED) is 0.782. The van der Waals surface area contributed by atoms with Crippen molar-refractivity contribution < 1.29 is 19.4 Å². The molecule has 1 aliphatic rings. The molecule has 0 bridgehead atoms. The summed E-state index contributed by atoms with van der Waals surface area (Å²) in [5.41, 5.74) is 1.49. The van der Waals surface area contributed by atoms with Gasteiger partial charge in [0.15, 0.2) is 6.10 Å². The number of carbonyl (C=O) groups excluding carboxylic acids is 1. The van der Waals surface area contributed by atoms with Gasteiger partial charge in [0.25, 0.3) is 5.91 Å². The highest BCUT2D eigenvalue weighted by Gasteiger charge is 2.23. The number of carboxylic acids is 1. The summed E-state index contributed by atoms with van der Waals surface area (Å²) in [6.45, 7) is 3.18. The fourth-order valence-electron chi connectivity index (χ4n) is 1.63. The van der Waals surface area contributed by atoms with E-state index in [1.54, 1.807) is 25.1 Å². The fourth-order valence-corrected chi connectivity index (χ4v) is 1.63. The fraction of sp³-hybridized carbons (Fsp3) is 0.231. The number of benzene rings is 1. The lowest BCUT2D eigenvalue weighted by molar-refractivity contribution is -0.132. The Balaban J connectivity index is 2.34. The van der Waals surface area contributed by atoms with Gasteiger partial charge in [-0.15, -0.1) is 0 Å². The van der Waals surface area contributed by atoms with Crippen LogP contribution in [0.2, 0.25) is 0 Å². The standard InChI is InChI=1S/C13H13NO4/c1-7(13(16)17)5-9-3-4-11-10(6-9)14-12(15)8(2)18-11/h3-6,8H,1-2H3,(H,14,15)(H,16,17)/b7-5+. The topological polar surface area (TPSA) is 75.6 Å². The average Bonchev–Trinajstić information content (AvgIpc) is 2.31. The number of carbonyl (C=O) groups is 2. The molecule has 0 saturated heterocycles. The van der Waals surface area contributed by atoms with Crippen molar-refractivity contribution in [3.8, 4) is 5.75 Å². The largest absolute Gasteiger partial charge is 0.479 e. The number of carboxylic acid groups (broad SMARTS) is 1. The van der Waals surface area contributed by atoms with E-state index >= 15 is 0 Å². The Labute approximate surface area is 104 Å². The van der Waals surface area contributed by atoms with Crippen molar-refractivity contribution in [2.45, 2.75) is 20.0 Å². The van der Waals surface area contributed by atoms with Crippen LogP contribution in [0.4, 0.5) is 5.69 Å². The minimum absolute atomic E-state index is 0.210. The molecule has 1 amide bonds. The van der Waals surface area contributed by atoms with Crippen LogP contribution in [0.1, 0.15) is 19.4 Å². The van der Waals surface area contributed by atoms with Gasteiger partial charge in [0.05, 0.1) is 5.69 Å². The first kappa shape index (κ1) is 12.2. The van der Waals surface area contributed by atoms with E-state index in [4.69, 9.17) is 9.84 Å². The smallest absolute Gasteiger partial charge is 0.331 e. The second kappa shape index (κ2) is 4.52. The molecule has 1 aromatic rings. The first-order valence-corrected chi connectivity index (χ1v) is 5.50. The van der Waals surface area contributed by atoms with Gasteiger partial charge in [0.1, 0.15) is 5.75 Å². The Hall–Kier alpha value is -2.30. The average molecular weight is 247 g/mol. The third-order valence-electron chi connectivity index (χ3n) is 2.65. The highest BCUT2D eigenvalue weighted by molar-refractivity contribution is 5.98. The Morgan fingerprint density at radius 2 is 2.22 bits per heavy atom. The molecule has 5 heteroatoms. The summed E-state index contributed by atoms with van der Waals surface area (Å²) in [5, 5.41) is 11.5. The second-order valence-electron chi connectivity index (χ2n) is 4.14. The molecule has 94 valence electrons. The van der Waals surface area contributed by atoms with Gasteiger partial charge in [-0.2, -0.15) is 0 Å². The summed E-state index contributed by atoms with van der Waals surface area (Å²) in [4.78, 5) is 22.2. The van der Waals surface area contributed by atoms with Gasteiger partial charge >= 0.3 is 5.97 Å². The van der Waals surface area contributed by atoms with Crippen molar-refractivity contribution in [3.63, 3.8) is 0 Å². The van der Waals surface area contributed by atoms with Crippen LogP contribution in [0.15, 0.2) is 23.8 Å². The molecule has 2 rings (SSSR count). The van der Waals surface area contributed by atoms with Crippen molar-refractivity contribution in [2.75, 3.05) is 5.32 Å². The van der Waals surface area contributed by atoms with E-state index in [0.717, 1.165) is 0 Å². The molecule has 0 spiro atoms. The highest BCUT2D eigenvalue weighted by Crippen LogP contribution is 2.30. The maximum absolute atomic E-state index is 11.5. The number of ether oxygens (including phenoxy) is 1. The first-order valence-electron chi connectivity index (χ1n) is 5.50. The molecule has 1 unspecified atom stereocenters. The van der Waals surface area contributed by atoms with Crippen molar-refractivity contribution in [2.24, 2.45) is 0 Å². The summed E-state index contributed by atoms with van der Waals surface area (Å²) < 4.78 is 5.40. The van der Waals surface area contributed by atoms with Crippen LogP contribution in [-0.4, -0.2) is 23.1 Å². The first-order chi connectivity index (χ1) is 8.47. The van der Waals surface area contributed by atoms with Crippen LogP contribution in [-0.2, 0) is 9.59 Å². The van der Waals surface area contributed by atoms with Crippen LogP contribution in [0, 0.1) is 0 Å². The minimum atomic E-state index is -0.971. The van der Waals surface area contributed by atoms with Gasteiger partial charge in [0.2, 0.25) is 0 Å². The van der Waals surface area contributed by atoms with E-state index in [-0.39, 0.29) is 11.5 Å². The Morgan fingerprint density at radius 3 is 2.89 bits per heavy atom. The minimum Gasteiger partial charge on any atom is -0.479 e. The molecule has 1 aliphatic heterocycles. The van der Waals surface area contributed by atoms with Crippen molar-refractivity contribution in [1.82, 2.24) is 0 Å². The molecule has 5 nitrogen and oxygen atoms in total. The number of aliphatic carboxylic acids is 1. The molecule has 2 N–H and O–H groups in total. The molecule has 0 aromatic heterocycles. The third-order valence-corrected chi connectivity index (χ3v) is 2.65. The predicted molar refractivity (Wildman–Crippen MR) is 66.4 cm³/mol. The van der Waals surface area contributed by atoms with Gasteiger partial charge < -0.3 is 15.2 Å². The lowest BCUT2D eigenvalue weighted by Crippen LogP contribution is -2.34. The number of rotatable bonds is 2. The monoisotopic (exact) mass is 247 g/mol. The summed E-state index contributed by atoms with van der Waals surface area (Å²) in [7, 11) is 0.